The molecule has 0 aliphatic carbocycles. The number of aromatic nitrogens is 2. The summed E-state index contributed by atoms with van der Waals surface area (Å²) in [6.07, 6.45) is 7.35. The summed E-state index contributed by atoms with van der Waals surface area (Å²) < 4.78 is 14.0. The van der Waals surface area contributed by atoms with Crippen molar-refractivity contribution in [1.82, 2.24) is 9.55 Å². The quantitative estimate of drug-likeness (QED) is 0.742. The Hall–Kier alpha value is -1.30. The van der Waals surface area contributed by atoms with Crippen LogP contribution in [0.3, 0.4) is 0 Å². The lowest BCUT2D eigenvalue weighted by atomic mass is 10.1. The summed E-state index contributed by atoms with van der Waals surface area (Å²) >= 11 is 1.81. The molecule has 0 radical (unpaired) electrons. The Balaban J connectivity index is 1.56. The SMILES string of the molecule is c1ccc(-c2cnc(SCC3CCCO3)n2CC2CCCO2)cc1. The summed E-state index contributed by atoms with van der Waals surface area (Å²) in [7, 11) is 0. The number of nitrogens with zero attached hydrogens (tertiary/aromatic N) is 2. The van der Waals surface area contributed by atoms with Crippen LogP contribution in [0.4, 0.5) is 0 Å². The molecule has 2 fully saturated rings. The third-order valence-corrected chi connectivity index (χ3v) is 5.84. The molecule has 2 unspecified atom stereocenters. The molecule has 0 amide bonds. The van der Waals surface area contributed by atoms with Crippen molar-refractivity contribution in [2.75, 3.05) is 19.0 Å². The minimum absolute atomic E-state index is 0.309. The van der Waals surface area contributed by atoms with Crippen LogP contribution in [0.15, 0.2) is 41.7 Å². The molecule has 0 spiro atoms. The lowest BCUT2D eigenvalue weighted by molar-refractivity contribution is 0.0953. The van der Waals surface area contributed by atoms with E-state index < -0.39 is 0 Å². The summed E-state index contributed by atoms with van der Waals surface area (Å²) in [4.78, 5) is 4.71. The van der Waals surface area contributed by atoms with Crippen LogP contribution in [0, 0.1) is 0 Å². The van der Waals surface area contributed by atoms with Crippen LogP contribution >= 0.6 is 11.8 Å². The summed E-state index contributed by atoms with van der Waals surface area (Å²) in [6, 6.07) is 10.5. The fourth-order valence-electron chi connectivity index (χ4n) is 3.42. The van der Waals surface area contributed by atoms with Gasteiger partial charge in [0.25, 0.3) is 0 Å². The van der Waals surface area contributed by atoms with Crippen molar-refractivity contribution in [2.45, 2.75) is 49.6 Å². The largest absolute Gasteiger partial charge is 0.377 e. The van der Waals surface area contributed by atoms with E-state index in [2.05, 4.69) is 34.9 Å². The zero-order valence-corrected chi connectivity index (χ0v) is 14.7. The van der Waals surface area contributed by atoms with Crippen LogP contribution < -0.4 is 0 Å². The normalized spacial score (nSPS) is 23.8. The topological polar surface area (TPSA) is 36.3 Å². The number of benzene rings is 1. The third kappa shape index (κ3) is 3.68. The van der Waals surface area contributed by atoms with Crippen LogP contribution in [0.2, 0.25) is 0 Å². The molecule has 0 bridgehead atoms. The molecule has 4 rings (SSSR count). The highest BCUT2D eigenvalue weighted by Gasteiger charge is 2.22. The van der Waals surface area contributed by atoms with E-state index in [0.29, 0.717) is 12.2 Å². The van der Waals surface area contributed by atoms with E-state index in [1.54, 1.807) is 0 Å². The molecule has 5 heteroatoms. The van der Waals surface area contributed by atoms with Gasteiger partial charge in [0.15, 0.2) is 5.16 Å². The van der Waals surface area contributed by atoms with E-state index >= 15 is 0 Å². The predicted octanol–water partition coefficient (Wildman–Crippen LogP) is 4.00. The fraction of sp³-hybridized carbons (Fsp3) is 0.526. The highest BCUT2D eigenvalue weighted by Crippen LogP contribution is 2.30. The van der Waals surface area contributed by atoms with Crippen LogP contribution in [-0.2, 0) is 16.0 Å². The molecule has 2 aliphatic heterocycles. The Labute approximate surface area is 147 Å². The molecule has 0 saturated carbocycles. The molecule has 128 valence electrons. The van der Waals surface area contributed by atoms with Gasteiger partial charge in [0.1, 0.15) is 0 Å². The minimum Gasteiger partial charge on any atom is -0.377 e. The molecule has 2 aliphatic rings. The van der Waals surface area contributed by atoms with Crippen molar-refractivity contribution < 1.29 is 9.47 Å². The Kier molecular flexibility index (Phi) is 5.21. The van der Waals surface area contributed by atoms with Gasteiger partial charge < -0.3 is 14.0 Å². The number of imidazole rings is 1. The van der Waals surface area contributed by atoms with Crippen molar-refractivity contribution in [3.05, 3.63) is 36.5 Å². The highest BCUT2D eigenvalue weighted by molar-refractivity contribution is 7.99. The van der Waals surface area contributed by atoms with E-state index in [1.807, 2.05) is 18.0 Å². The second-order valence-corrected chi connectivity index (χ2v) is 7.47. The second kappa shape index (κ2) is 7.72. The molecular formula is C19H24N2O2S. The number of ether oxygens (including phenoxy) is 2. The average molecular weight is 344 g/mol. The van der Waals surface area contributed by atoms with E-state index in [1.165, 1.54) is 30.5 Å². The zero-order valence-electron chi connectivity index (χ0n) is 13.9. The van der Waals surface area contributed by atoms with E-state index in [4.69, 9.17) is 14.5 Å². The minimum atomic E-state index is 0.309. The van der Waals surface area contributed by atoms with Crippen LogP contribution in [-0.4, -0.2) is 40.7 Å². The zero-order chi connectivity index (χ0) is 16.2. The van der Waals surface area contributed by atoms with Crippen molar-refractivity contribution in [3.63, 3.8) is 0 Å². The van der Waals surface area contributed by atoms with Gasteiger partial charge in [0, 0.05) is 19.0 Å². The molecule has 3 heterocycles. The van der Waals surface area contributed by atoms with Gasteiger partial charge in [-0.1, -0.05) is 42.1 Å². The molecule has 1 aromatic heterocycles. The van der Waals surface area contributed by atoms with Gasteiger partial charge in [-0.05, 0) is 31.2 Å². The molecule has 2 saturated heterocycles. The van der Waals surface area contributed by atoms with E-state index in [0.717, 1.165) is 37.1 Å². The number of hydrogen-bond acceptors (Lipinski definition) is 4. The number of rotatable bonds is 6. The maximum Gasteiger partial charge on any atom is 0.168 e. The molecule has 0 N–H and O–H groups in total. The highest BCUT2D eigenvalue weighted by atomic mass is 32.2. The van der Waals surface area contributed by atoms with Gasteiger partial charge in [0.05, 0.1) is 30.6 Å². The Bertz CT molecular complexity index is 647. The number of hydrogen-bond donors (Lipinski definition) is 0. The lowest BCUT2D eigenvalue weighted by Gasteiger charge is -2.17. The van der Waals surface area contributed by atoms with Crippen LogP contribution in [0.1, 0.15) is 25.7 Å². The average Bonchev–Trinajstić information content (AvgIpc) is 3.37. The maximum atomic E-state index is 5.87. The first-order valence-electron chi connectivity index (χ1n) is 8.87. The van der Waals surface area contributed by atoms with Gasteiger partial charge >= 0.3 is 0 Å². The Morgan fingerprint density at radius 1 is 1.04 bits per heavy atom. The van der Waals surface area contributed by atoms with Crippen molar-refractivity contribution in [1.29, 1.82) is 0 Å². The van der Waals surface area contributed by atoms with Gasteiger partial charge in [-0.2, -0.15) is 0 Å². The van der Waals surface area contributed by atoms with Crippen LogP contribution in [0.5, 0.6) is 0 Å². The molecule has 1 aromatic carbocycles. The van der Waals surface area contributed by atoms with Gasteiger partial charge in [0.2, 0.25) is 0 Å². The summed E-state index contributed by atoms with van der Waals surface area (Å²) in [6.45, 7) is 2.68. The molecule has 2 aromatic rings. The van der Waals surface area contributed by atoms with Crippen molar-refractivity contribution >= 4 is 11.8 Å². The summed E-state index contributed by atoms with van der Waals surface area (Å²) in [5.74, 6) is 0.983. The first-order chi connectivity index (χ1) is 11.9. The van der Waals surface area contributed by atoms with Crippen LogP contribution in [0.25, 0.3) is 11.3 Å². The smallest absolute Gasteiger partial charge is 0.168 e. The molecule has 24 heavy (non-hydrogen) atoms. The third-order valence-electron chi connectivity index (χ3n) is 4.72. The van der Waals surface area contributed by atoms with E-state index in [-0.39, 0.29) is 0 Å². The summed E-state index contributed by atoms with van der Waals surface area (Å²) in [5.41, 5.74) is 2.40. The number of thioether (sulfide) groups is 1. The fourth-order valence-corrected chi connectivity index (χ4v) is 4.48. The predicted molar refractivity (Wildman–Crippen MR) is 96.3 cm³/mol. The Morgan fingerprint density at radius 3 is 2.50 bits per heavy atom. The lowest BCUT2D eigenvalue weighted by Crippen LogP contribution is -2.17. The second-order valence-electron chi connectivity index (χ2n) is 6.48. The van der Waals surface area contributed by atoms with Gasteiger partial charge in [-0.3, -0.25) is 0 Å². The monoisotopic (exact) mass is 344 g/mol. The summed E-state index contributed by atoms with van der Waals surface area (Å²) in [5, 5.41) is 1.08. The molecule has 4 nitrogen and oxygen atoms in total. The van der Waals surface area contributed by atoms with E-state index in [9.17, 15) is 0 Å². The Morgan fingerprint density at radius 2 is 1.79 bits per heavy atom. The molecule has 2 atom stereocenters. The van der Waals surface area contributed by atoms with Gasteiger partial charge in [-0.25, -0.2) is 4.98 Å². The van der Waals surface area contributed by atoms with Gasteiger partial charge in [-0.15, -0.1) is 0 Å². The van der Waals surface area contributed by atoms with Crippen molar-refractivity contribution in [3.8, 4) is 11.3 Å². The standard InChI is InChI=1S/C19H24N2O2S/c1-2-6-15(7-3-1)18-12-20-19(24-14-17-9-5-11-23-17)21(18)13-16-8-4-10-22-16/h1-3,6-7,12,16-17H,4-5,8-11,13-14H2. The maximum absolute atomic E-state index is 5.87. The van der Waals surface area contributed by atoms with Crippen molar-refractivity contribution in [2.24, 2.45) is 0 Å². The first-order valence-corrected chi connectivity index (χ1v) is 9.85. The molecular weight excluding hydrogens is 320 g/mol. The first kappa shape index (κ1) is 16.2.